The number of phenolic OH excluding ortho intramolecular Hbond substituents is 1. The van der Waals surface area contributed by atoms with Crippen LogP contribution in [0.2, 0.25) is 0 Å². The van der Waals surface area contributed by atoms with E-state index in [1.54, 1.807) is 0 Å². The van der Waals surface area contributed by atoms with E-state index in [1.165, 1.54) is 27.2 Å². The SMILES string of the molecule is COc1c(O)cc(C)c(OP(=O)(O)O)c1OC. The molecule has 17 heavy (non-hydrogen) atoms. The molecule has 0 saturated carbocycles. The van der Waals surface area contributed by atoms with E-state index in [-0.39, 0.29) is 23.0 Å². The molecule has 0 spiro atoms. The second-order valence-corrected chi connectivity index (χ2v) is 4.35. The van der Waals surface area contributed by atoms with Crippen molar-refractivity contribution in [3.8, 4) is 23.0 Å². The number of ether oxygens (including phenoxy) is 2. The maximum atomic E-state index is 10.8. The first-order valence-corrected chi connectivity index (χ1v) is 6.03. The number of phosphoric acid groups is 1. The molecular formula is C9H13O7P. The maximum Gasteiger partial charge on any atom is 0.524 e. The van der Waals surface area contributed by atoms with Crippen LogP contribution in [0, 0.1) is 6.92 Å². The Morgan fingerprint density at radius 1 is 1.12 bits per heavy atom. The smallest absolute Gasteiger partial charge is 0.504 e. The molecule has 0 aromatic heterocycles. The van der Waals surface area contributed by atoms with Crippen LogP contribution in [0.1, 0.15) is 5.56 Å². The number of benzene rings is 1. The van der Waals surface area contributed by atoms with Gasteiger partial charge in [-0.3, -0.25) is 9.79 Å². The third kappa shape index (κ3) is 3.03. The minimum absolute atomic E-state index is 0.0541. The highest BCUT2D eigenvalue weighted by molar-refractivity contribution is 7.46. The molecule has 1 aromatic carbocycles. The fraction of sp³-hybridized carbons (Fsp3) is 0.333. The van der Waals surface area contributed by atoms with Crippen LogP contribution in [0.15, 0.2) is 6.07 Å². The van der Waals surface area contributed by atoms with Crippen molar-refractivity contribution in [1.82, 2.24) is 0 Å². The monoisotopic (exact) mass is 264 g/mol. The Hall–Kier alpha value is -1.43. The van der Waals surface area contributed by atoms with Crippen LogP contribution in [0.25, 0.3) is 0 Å². The van der Waals surface area contributed by atoms with Crippen molar-refractivity contribution in [2.24, 2.45) is 0 Å². The normalized spacial score (nSPS) is 11.1. The molecule has 0 bridgehead atoms. The molecule has 1 rings (SSSR count). The number of hydrogen-bond donors (Lipinski definition) is 3. The Labute approximate surface area is 97.8 Å². The van der Waals surface area contributed by atoms with Gasteiger partial charge in [0.15, 0.2) is 11.5 Å². The standard InChI is InChI=1S/C9H13O7P/c1-5-4-6(10)8(14-2)9(15-3)7(5)16-17(11,12)13/h4,10H,1-3H3,(H2,11,12,13). The lowest BCUT2D eigenvalue weighted by molar-refractivity contribution is 0.270. The minimum Gasteiger partial charge on any atom is -0.504 e. The molecular weight excluding hydrogens is 251 g/mol. The van der Waals surface area contributed by atoms with Crippen molar-refractivity contribution in [3.63, 3.8) is 0 Å². The molecule has 0 unspecified atom stereocenters. The van der Waals surface area contributed by atoms with Gasteiger partial charge in [0.2, 0.25) is 11.5 Å². The number of phenols is 1. The zero-order valence-electron chi connectivity index (χ0n) is 9.50. The van der Waals surface area contributed by atoms with Gasteiger partial charge in [0.1, 0.15) is 0 Å². The summed E-state index contributed by atoms with van der Waals surface area (Å²) in [6.45, 7) is 1.51. The first-order valence-electron chi connectivity index (χ1n) is 4.49. The van der Waals surface area contributed by atoms with Crippen LogP contribution in [-0.4, -0.2) is 29.1 Å². The van der Waals surface area contributed by atoms with Gasteiger partial charge in [0.05, 0.1) is 14.2 Å². The Balaban J connectivity index is 3.42. The van der Waals surface area contributed by atoms with Crippen LogP contribution >= 0.6 is 7.82 Å². The van der Waals surface area contributed by atoms with Crippen molar-refractivity contribution in [1.29, 1.82) is 0 Å². The van der Waals surface area contributed by atoms with E-state index in [4.69, 9.17) is 19.3 Å². The van der Waals surface area contributed by atoms with Crippen molar-refractivity contribution in [2.45, 2.75) is 6.92 Å². The molecule has 0 saturated heterocycles. The summed E-state index contributed by atoms with van der Waals surface area (Å²) in [7, 11) is -2.16. The molecule has 1 aromatic rings. The largest absolute Gasteiger partial charge is 0.524 e. The van der Waals surface area contributed by atoms with Gasteiger partial charge in [-0.1, -0.05) is 0 Å². The van der Waals surface area contributed by atoms with Crippen LogP contribution in [0.3, 0.4) is 0 Å². The Morgan fingerprint density at radius 3 is 2.06 bits per heavy atom. The third-order valence-corrected chi connectivity index (χ3v) is 2.40. The first-order chi connectivity index (χ1) is 7.80. The molecule has 0 amide bonds. The second kappa shape index (κ2) is 4.83. The quantitative estimate of drug-likeness (QED) is 0.701. The fourth-order valence-corrected chi connectivity index (χ4v) is 1.81. The molecule has 0 aliphatic heterocycles. The molecule has 0 radical (unpaired) electrons. The van der Waals surface area contributed by atoms with E-state index < -0.39 is 7.82 Å². The number of methoxy groups -OCH3 is 2. The van der Waals surface area contributed by atoms with Crippen LogP contribution < -0.4 is 14.0 Å². The third-order valence-electron chi connectivity index (χ3n) is 1.97. The van der Waals surface area contributed by atoms with E-state index in [1.807, 2.05) is 0 Å². The van der Waals surface area contributed by atoms with Gasteiger partial charge in [-0.2, -0.15) is 0 Å². The molecule has 8 heteroatoms. The lowest BCUT2D eigenvalue weighted by Crippen LogP contribution is -1.99. The Bertz CT molecular complexity index is 465. The minimum atomic E-state index is -4.72. The highest BCUT2D eigenvalue weighted by atomic mass is 31.2. The van der Waals surface area contributed by atoms with Gasteiger partial charge in [-0.25, -0.2) is 4.57 Å². The van der Waals surface area contributed by atoms with Gasteiger partial charge < -0.3 is 19.1 Å². The number of hydrogen-bond acceptors (Lipinski definition) is 5. The summed E-state index contributed by atoms with van der Waals surface area (Å²) in [6.07, 6.45) is 0. The summed E-state index contributed by atoms with van der Waals surface area (Å²) in [5.74, 6) is -0.509. The summed E-state index contributed by atoms with van der Waals surface area (Å²) < 4.78 is 25.1. The molecule has 0 atom stereocenters. The van der Waals surface area contributed by atoms with Crippen molar-refractivity contribution >= 4 is 7.82 Å². The summed E-state index contributed by atoms with van der Waals surface area (Å²) in [4.78, 5) is 17.6. The average molecular weight is 264 g/mol. The Morgan fingerprint density at radius 2 is 1.65 bits per heavy atom. The van der Waals surface area contributed by atoms with Gasteiger partial charge in [0.25, 0.3) is 0 Å². The zero-order chi connectivity index (χ0) is 13.2. The van der Waals surface area contributed by atoms with Crippen molar-refractivity contribution < 1.29 is 33.5 Å². The summed E-state index contributed by atoms with van der Waals surface area (Å²) in [6, 6.07) is 1.26. The number of rotatable bonds is 4. The maximum absolute atomic E-state index is 10.8. The zero-order valence-corrected chi connectivity index (χ0v) is 10.4. The van der Waals surface area contributed by atoms with E-state index in [0.717, 1.165) is 0 Å². The molecule has 0 heterocycles. The molecule has 0 fully saturated rings. The van der Waals surface area contributed by atoms with E-state index in [9.17, 15) is 9.67 Å². The molecule has 0 aliphatic rings. The molecule has 3 N–H and O–H groups in total. The highest BCUT2D eigenvalue weighted by Gasteiger charge is 2.25. The van der Waals surface area contributed by atoms with E-state index in [0.29, 0.717) is 5.56 Å². The predicted molar refractivity (Wildman–Crippen MR) is 58.6 cm³/mol. The highest BCUT2D eigenvalue weighted by Crippen LogP contribution is 2.50. The number of aromatic hydroxyl groups is 1. The van der Waals surface area contributed by atoms with E-state index in [2.05, 4.69) is 4.52 Å². The van der Waals surface area contributed by atoms with Crippen molar-refractivity contribution in [2.75, 3.05) is 14.2 Å². The Kier molecular flexibility index (Phi) is 3.87. The van der Waals surface area contributed by atoms with Gasteiger partial charge >= 0.3 is 7.82 Å². The lowest BCUT2D eigenvalue weighted by atomic mass is 10.2. The van der Waals surface area contributed by atoms with E-state index >= 15 is 0 Å². The molecule has 96 valence electrons. The van der Waals surface area contributed by atoms with Crippen molar-refractivity contribution in [3.05, 3.63) is 11.6 Å². The van der Waals surface area contributed by atoms with Gasteiger partial charge in [-0.05, 0) is 18.6 Å². The summed E-state index contributed by atoms with van der Waals surface area (Å²) in [5.41, 5.74) is 0.309. The molecule has 0 aliphatic carbocycles. The van der Waals surface area contributed by atoms with Crippen LogP contribution in [0.5, 0.6) is 23.0 Å². The molecule has 7 nitrogen and oxygen atoms in total. The van der Waals surface area contributed by atoms with Gasteiger partial charge in [0, 0.05) is 0 Å². The summed E-state index contributed by atoms with van der Waals surface area (Å²) in [5, 5.41) is 9.57. The number of phosphoric ester groups is 1. The summed E-state index contributed by atoms with van der Waals surface area (Å²) >= 11 is 0. The fourth-order valence-electron chi connectivity index (χ4n) is 1.35. The van der Waals surface area contributed by atoms with Crippen LogP contribution in [-0.2, 0) is 4.57 Å². The lowest BCUT2D eigenvalue weighted by Gasteiger charge is -2.17. The number of aryl methyl sites for hydroxylation is 1. The van der Waals surface area contributed by atoms with Gasteiger partial charge in [-0.15, -0.1) is 0 Å². The predicted octanol–water partition coefficient (Wildman–Crippen LogP) is 1.19. The van der Waals surface area contributed by atoms with Crippen LogP contribution in [0.4, 0.5) is 0 Å². The first kappa shape index (κ1) is 13.6. The second-order valence-electron chi connectivity index (χ2n) is 3.19. The average Bonchev–Trinajstić information content (AvgIpc) is 2.19. The topological polar surface area (TPSA) is 105 Å².